The first-order valence-electron chi connectivity index (χ1n) is 7.64. The summed E-state index contributed by atoms with van der Waals surface area (Å²) in [6.07, 6.45) is 5.80. The number of hydrogen-bond acceptors (Lipinski definition) is 2. The molecule has 0 aliphatic rings. The van der Waals surface area contributed by atoms with Crippen LogP contribution in [0.5, 0.6) is 0 Å². The van der Waals surface area contributed by atoms with E-state index < -0.39 is 9.28 Å². The molecule has 0 radical (unpaired) electrons. The molecule has 0 spiro atoms. The summed E-state index contributed by atoms with van der Waals surface area (Å²) in [4.78, 5) is 0. The highest BCUT2D eigenvalue weighted by Gasteiger charge is 2.12. The predicted octanol–water partition coefficient (Wildman–Crippen LogP) is 4.08. The highest BCUT2D eigenvalue weighted by molar-refractivity contribution is 6.44. The first kappa shape index (κ1) is 16.4. The molecule has 0 aliphatic carbocycles. The van der Waals surface area contributed by atoms with Crippen LogP contribution in [0.3, 0.4) is 0 Å². The Bertz CT molecular complexity index is 295. The van der Waals surface area contributed by atoms with E-state index in [4.69, 9.17) is 8.85 Å². The van der Waals surface area contributed by atoms with E-state index >= 15 is 0 Å². The summed E-state index contributed by atoms with van der Waals surface area (Å²) in [5.41, 5.74) is 1.43. The summed E-state index contributed by atoms with van der Waals surface area (Å²) in [5, 5.41) is 0. The first-order valence-corrected chi connectivity index (χ1v) is 9.39. The molecule has 0 saturated carbocycles. The van der Waals surface area contributed by atoms with Crippen molar-refractivity contribution in [2.75, 3.05) is 13.2 Å². The second-order valence-electron chi connectivity index (χ2n) is 4.90. The zero-order valence-electron chi connectivity index (χ0n) is 12.4. The van der Waals surface area contributed by atoms with Crippen LogP contribution < -0.4 is 0 Å². The monoisotopic (exact) mass is 280 g/mol. The van der Waals surface area contributed by atoms with Gasteiger partial charge in [0.2, 0.25) is 0 Å². The second-order valence-corrected chi connectivity index (χ2v) is 7.01. The maximum absolute atomic E-state index is 5.86. The minimum Gasteiger partial charge on any atom is -0.397 e. The Kier molecular flexibility index (Phi) is 9.68. The zero-order valence-corrected chi connectivity index (χ0v) is 13.6. The Balaban J connectivity index is 2.16. The van der Waals surface area contributed by atoms with Gasteiger partial charge in [0.25, 0.3) is 0 Å². The number of unbranched alkanes of at least 4 members (excludes halogenated alkanes) is 1. The third kappa shape index (κ3) is 8.19. The van der Waals surface area contributed by atoms with Crippen LogP contribution in [0.1, 0.15) is 45.1 Å². The Hall–Kier alpha value is -0.643. The van der Waals surface area contributed by atoms with Crippen LogP contribution in [-0.2, 0) is 15.3 Å². The number of aryl methyl sites for hydroxylation is 1. The quantitative estimate of drug-likeness (QED) is 0.449. The zero-order chi connectivity index (χ0) is 13.8. The third-order valence-electron chi connectivity index (χ3n) is 3.01. The minimum absolute atomic E-state index is 0.860. The average Bonchev–Trinajstić information content (AvgIpc) is 2.46. The SMILES string of the molecule is CCCO[SiH](CCCCc1ccccc1)OCCC. The summed E-state index contributed by atoms with van der Waals surface area (Å²) >= 11 is 0. The van der Waals surface area contributed by atoms with Gasteiger partial charge in [-0.05, 0) is 37.3 Å². The second kappa shape index (κ2) is 11.2. The number of rotatable bonds is 11. The average molecular weight is 280 g/mol. The van der Waals surface area contributed by atoms with E-state index in [9.17, 15) is 0 Å². The summed E-state index contributed by atoms with van der Waals surface area (Å²) in [5.74, 6) is 0. The molecule has 0 N–H and O–H groups in total. The van der Waals surface area contributed by atoms with Gasteiger partial charge in [0.05, 0.1) is 0 Å². The lowest BCUT2D eigenvalue weighted by molar-refractivity contribution is 0.195. The number of benzene rings is 1. The van der Waals surface area contributed by atoms with Gasteiger partial charge in [0, 0.05) is 13.2 Å². The highest BCUT2D eigenvalue weighted by atomic mass is 28.3. The van der Waals surface area contributed by atoms with Crippen molar-refractivity contribution in [1.29, 1.82) is 0 Å². The molecule has 1 aromatic rings. The van der Waals surface area contributed by atoms with Gasteiger partial charge in [-0.25, -0.2) is 0 Å². The Labute approximate surface area is 120 Å². The van der Waals surface area contributed by atoms with Gasteiger partial charge in [-0.15, -0.1) is 0 Å². The summed E-state index contributed by atoms with van der Waals surface area (Å²) in [6.45, 7) is 6.03. The fourth-order valence-electron chi connectivity index (χ4n) is 2.00. The Morgan fingerprint density at radius 3 is 2.11 bits per heavy atom. The molecule has 0 atom stereocenters. The lowest BCUT2D eigenvalue weighted by Gasteiger charge is -2.16. The fourth-order valence-corrected chi connectivity index (χ4v) is 4.05. The van der Waals surface area contributed by atoms with Crippen LogP contribution in [0.2, 0.25) is 6.04 Å². The van der Waals surface area contributed by atoms with Gasteiger partial charge in [-0.3, -0.25) is 0 Å². The molecule has 0 aromatic heterocycles. The van der Waals surface area contributed by atoms with Crippen molar-refractivity contribution in [1.82, 2.24) is 0 Å². The highest BCUT2D eigenvalue weighted by Crippen LogP contribution is 2.10. The van der Waals surface area contributed by atoms with Crippen molar-refractivity contribution in [3.05, 3.63) is 35.9 Å². The van der Waals surface area contributed by atoms with Gasteiger partial charge in [0.1, 0.15) is 0 Å². The van der Waals surface area contributed by atoms with Crippen LogP contribution >= 0.6 is 0 Å². The molecule has 0 amide bonds. The van der Waals surface area contributed by atoms with E-state index in [2.05, 4.69) is 44.2 Å². The van der Waals surface area contributed by atoms with Gasteiger partial charge in [0.15, 0.2) is 0 Å². The van der Waals surface area contributed by atoms with E-state index in [-0.39, 0.29) is 0 Å². The minimum atomic E-state index is -1.39. The lowest BCUT2D eigenvalue weighted by Crippen LogP contribution is -2.23. The molecule has 1 aromatic carbocycles. The molecule has 0 heterocycles. The molecule has 19 heavy (non-hydrogen) atoms. The van der Waals surface area contributed by atoms with Crippen LogP contribution in [-0.4, -0.2) is 22.5 Å². The van der Waals surface area contributed by atoms with Crippen LogP contribution in [0.15, 0.2) is 30.3 Å². The van der Waals surface area contributed by atoms with Crippen molar-refractivity contribution in [3.8, 4) is 0 Å². The fraction of sp³-hybridized carbons (Fsp3) is 0.625. The molecule has 108 valence electrons. The normalized spacial score (nSPS) is 11.1. The molecular formula is C16H28O2Si. The van der Waals surface area contributed by atoms with E-state index in [1.165, 1.54) is 24.8 Å². The van der Waals surface area contributed by atoms with Crippen molar-refractivity contribution in [2.45, 2.75) is 52.0 Å². The molecule has 3 heteroatoms. The van der Waals surface area contributed by atoms with E-state index in [1.807, 2.05) is 0 Å². The number of hydrogen-bond donors (Lipinski definition) is 0. The van der Waals surface area contributed by atoms with Crippen molar-refractivity contribution < 1.29 is 8.85 Å². The smallest absolute Gasteiger partial charge is 0.321 e. The first-order chi connectivity index (χ1) is 9.36. The van der Waals surface area contributed by atoms with Crippen molar-refractivity contribution in [2.24, 2.45) is 0 Å². The molecule has 2 nitrogen and oxygen atoms in total. The van der Waals surface area contributed by atoms with Crippen molar-refractivity contribution in [3.63, 3.8) is 0 Å². The molecule has 0 saturated heterocycles. The molecular weight excluding hydrogens is 252 g/mol. The summed E-state index contributed by atoms with van der Waals surface area (Å²) in [7, 11) is -1.39. The van der Waals surface area contributed by atoms with E-state index in [0.717, 1.165) is 32.1 Å². The van der Waals surface area contributed by atoms with E-state index in [0.29, 0.717) is 0 Å². The predicted molar refractivity (Wildman–Crippen MR) is 83.8 cm³/mol. The van der Waals surface area contributed by atoms with Crippen LogP contribution in [0.25, 0.3) is 0 Å². The summed E-state index contributed by atoms with van der Waals surface area (Å²) in [6, 6.07) is 11.9. The maximum atomic E-state index is 5.86. The molecule has 0 fully saturated rings. The Morgan fingerprint density at radius 1 is 0.895 bits per heavy atom. The van der Waals surface area contributed by atoms with Gasteiger partial charge >= 0.3 is 9.28 Å². The van der Waals surface area contributed by atoms with Gasteiger partial charge < -0.3 is 8.85 Å². The molecule has 1 rings (SSSR count). The lowest BCUT2D eigenvalue weighted by atomic mass is 10.1. The molecule has 0 aliphatic heterocycles. The standard InChI is InChI=1S/C16H28O2Si/c1-3-13-17-19(18-14-4-2)15-9-8-12-16-10-6-5-7-11-16/h5-7,10-11,19H,3-4,8-9,12-15H2,1-2H3. The van der Waals surface area contributed by atoms with Gasteiger partial charge in [-0.2, -0.15) is 0 Å². The topological polar surface area (TPSA) is 18.5 Å². The van der Waals surface area contributed by atoms with E-state index in [1.54, 1.807) is 0 Å². The molecule has 0 bridgehead atoms. The van der Waals surface area contributed by atoms with Crippen LogP contribution in [0.4, 0.5) is 0 Å². The van der Waals surface area contributed by atoms with Crippen molar-refractivity contribution >= 4 is 9.28 Å². The third-order valence-corrected chi connectivity index (χ3v) is 5.11. The largest absolute Gasteiger partial charge is 0.397 e. The van der Waals surface area contributed by atoms with Gasteiger partial charge in [-0.1, -0.05) is 50.6 Å². The maximum Gasteiger partial charge on any atom is 0.321 e. The van der Waals surface area contributed by atoms with Crippen LogP contribution in [0, 0.1) is 0 Å². The Morgan fingerprint density at radius 2 is 1.53 bits per heavy atom. The summed E-state index contributed by atoms with van der Waals surface area (Å²) < 4.78 is 11.7. The molecule has 0 unspecified atom stereocenters.